The normalized spacial score (nSPS) is 23.3. The number of anilines is 2. The van der Waals surface area contributed by atoms with E-state index in [1.807, 2.05) is 0 Å². The molecule has 3 aromatic rings. The number of nitriles is 1. The Bertz CT molecular complexity index is 1080. The number of nitrogens with one attached hydrogen (secondary N) is 2. The summed E-state index contributed by atoms with van der Waals surface area (Å²) in [4.78, 5) is 26.6. The highest BCUT2D eigenvalue weighted by Crippen LogP contribution is 2.60. The molecule has 1 saturated heterocycles. The maximum absolute atomic E-state index is 12.3. The molecule has 2 atom stereocenters. The van der Waals surface area contributed by atoms with Crippen LogP contribution < -0.4 is 10.2 Å². The number of fused-ring (bicyclic) bond motifs is 2. The van der Waals surface area contributed by atoms with Crippen molar-refractivity contribution in [2.75, 3.05) is 23.3 Å². The van der Waals surface area contributed by atoms with E-state index in [1.54, 1.807) is 12.3 Å². The summed E-state index contributed by atoms with van der Waals surface area (Å²) in [6, 6.07) is 3.78. The summed E-state index contributed by atoms with van der Waals surface area (Å²) >= 11 is 0. The predicted octanol–water partition coefficient (Wildman–Crippen LogP) is 2.91. The molecule has 5 rings (SSSR count). The topological polar surface area (TPSA) is 111 Å². The van der Waals surface area contributed by atoms with Gasteiger partial charge in [-0.25, -0.2) is 0 Å². The molecular formula is C19H18N6O2. The summed E-state index contributed by atoms with van der Waals surface area (Å²) in [7, 11) is 0. The van der Waals surface area contributed by atoms with Gasteiger partial charge in [-0.2, -0.15) is 15.2 Å². The minimum Gasteiger partial charge on any atom is -0.472 e. The van der Waals surface area contributed by atoms with Gasteiger partial charge in [0.25, 0.3) is 5.91 Å². The van der Waals surface area contributed by atoms with E-state index < -0.39 is 0 Å². The van der Waals surface area contributed by atoms with E-state index in [-0.39, 0.29) is 11.9 Å². The fourth-order valence-corrected chi connectivity index (χ4v) is 4.25. The van der Waals surface area contributed by atoms with E-state index in [2.05, 4.69) is 38.2 Å². The van der Waals surface area contributed by atoms with Crippen LogP contribution in [0.3, 0.4) is 0 Å². The van der Waals surface area contributed by atoms with Crippen LogP contribution in [0.15, 0.2) is 29.2 Å². The van der Waals surface area contributed by atoms with Gasteiger partial charge in [-0.3, -0.25) is 10.1 Å². The Kier molecular flexibility index (Phi) is 3.28. The summed E-state index contributed by atoms with van der Waals surface area (Å²) < 4.78 is 4.95. The number of hydrogen-bond donors (Lipinski definition) is 2. The zero-order valence-electron chi connectivity index (χ0n) is 14.8. The molecule has 8 heteroatoms. The Balaban J connectivity index is 1.55. The highest BCUT2D eigenvalue weighted by molar-refractivity contribution is 6.04. The molecule has 2 unspecified atom stereocenters. The van der Waals surface area contributed by atoms with Crippen molar-refractivity contribution in [1.82, 2.24) is 15.0 Å². The lowest BCUT2D eigenvalue weighted by atomic mass is 10.0. The number of furan rings is 1. The van der Waals surface area contributed by atoms with Crippen molar-refractivity contribution in [3.8, 4) is 6.07 Å². The van der Waals surface area contributed by atoms with E-state index in [0.29, 0.717) is 39.3 Å². The zero-order valence-corrected chi connectivity index (χ0v) is 14.8. The smallest absolute Gasteiger partial charge is 0.261 e. The van der Waals surface area contributed by atoms with Gasteiger partial charge in [0.15, 0.2) is 0 Å². The number of aromatic nitrogens is 3. The lowest BCUT2D eigenvalue weighted by molar-refractivity contribution is 0.102. The third-order valence-corrected chi connectivity index (χ3v) is 5.95. The average Bonchev–Trinajstić information content (AvgIpc) is 3.15. The first-order valence-electron chi connectivity index (χ1n) is 9.01. The van der Waals surface area contributed by atoms with Crippen LogP contribution in [0.4, 0.5) is 11.8 Å². The first-order chi connectivity index (χ1) is 13.1. The van der Waals surface area contributed by atoms with E-state index in [0.717, 1.165) is 19.5 Å². The molecule has 3 aromatic heterocycles. The lowest BCUT2D eigenvalue weighted by Gasteiger charge is -2.22. The van der Waals surface area contributed by atoms with Gasteiger partial charge < -0.3 is 14.3 Å². The Morgan fingerprint density at radius 2 is 2.44 bits per heavy atom. The largest absolute Gasteiger partial charge is 0.472 e. The molecule has 27 heavy (non-hydrogen) atoms. The first-order valence-corrected chi connectivity index (χ1v) is 9.01. The van der Waals surface area contributed by atoms with Crippen LogP contribution in [0, 0.1) is 22.7 Å². The number of piperidine rings is 1. The van der Waals surface area contributed by atoms with Crippen LogP contribution in [-0.2, 0) is 0 Å². The van der Waals surface area contributed by atoms with Gasteiger partial charge in [0.2, 0.25) is 5.95 Å². The molecule has 2 N–H and O–H groups in total. The van der Waals surface area contributed by atoms with Crippen LogP contribution in [0.25, 0.3) is 11.0 Å². The average molecular weight is 362 g/mol. The number of H-pyrrole nitrogens is 1. The lowest BCUT2D eigenvalue weighted by Crippen LogP contribution is -2.26. The quantitative estimate of drug-likeness (QED) is 0.738. The summed E-state index contributed by atoms with van der Waals surface area (Å²) in [5.41, 5.74) is 1.83. The van der Waals surface area contributed by atoms with Gasteiger partial charge in [0.1, 0.15) is 23.8 Å². The van der Waals surface area contributed by atoms with Crippen molar-refractivity contribution in [1.29, 1.82) is 5.26 Å². The Labute approximate surface area is 155 Å². The molecule has 2 aliphatic rings. The second kappa shape index (κ2) is 5.58. The molecule has 1 aliphatic heterocycles. The van der Waals surface area contributed by atoms with Gasteiger partial charge >= 0.3 is 0 Å². The predicted molar refractivity (Wildman–Crippen MR) is 98.3 cm³/mol. The fourth-order valence-electron chi connectivity index (χ4n) is 4.25. The monoisotopic (exact) mass is 362 g/mol. The molecule has 0 spiro atoms. The standard InChI is InChI=1S/C19H18N6O2/c1-2-19-5-13(19)8-25(10-19)16-14-12(6-20)7-21-15(14)22-18(23-16)24-17(26)11-3-4-27-9-11/h3-4,7,9,13H,2,5,8,10H2,1H3,(H2,21,22,23,24,26). The first kappa shape index (κ1) is 15.9. The Hall–Kier alpha value is -3.34. The summed E-state index contributed by atoms with van der Waals surface area (Å²) in [5, 5.41) is 12.9. The Morgan fingerprint density at radius 1 is 1.56 bits per heavy atom. The molecule has 1 saturated carbocycles. The van der Waals surface area contributed by atoms with Gasteiger partial charge in [0.05, 0.1) is 22.8 Å². The molecule has 8 nitrogen and oxygen atoms in total. The minimum absolute atomic E-state index is 0.209. The van der Waals surface area contributed by atoms with Crippen molar-refractivity contribution >= 4 is 28.7 Å². The second-order valence-electron chi connectivity index (χ2n) is 7.37. The van der Waals surface area contributed by atoms with Gasteiger partial charge in [-0.15, -0.1) is 0 Å². The van der Waals surface area contributed by atoms with Crippen LogP contribution in [0.5, 0.6) is 0 Å². The van der Waals surface area contributed by atoms with Crippen LogP contribution in [0.2, 0.25) is 0 Å². The highest BCUT2D eigenvalue weighted by Gasteiger charge is 2.58. The van der Waals surface area contributed by atoms with E-state index in [1.165, 1.54) is 18.9 Å². The second-order valence-corrected chi connectivity index (χ2v) is 7.37. The summed E-state index contributed by atoms with van der Waals surface area (Å²) in [5.74, 6) is 1.26. The van der Waals surface area contributed by atoms with E-state index >= 15 is 0 Å². The number of nitrogens with zero attached hydrogens (tertiary/aromatic N) is 4. The van der Waals surface area contributed by atoms with Crippen molar-refractivity contribution in [2.24, 2.45) is 11.3 Å². The molecule has 0 radical (unpaired) electrons. The maximum Gasteiger partial charge on any atom is 0.261 e. The van der Waals surface area contributed by atoms with E-state index in [4.69, 9.17) is 4.42 Å². The number of amides is 1. The maximum atomic E-state index is 12.3. The molecule has 4 heterocycles. The third-order valence-electron chi connectivity index (χ3n) is 5.95. The van der Waals surface area contributed by atoms with Crippen molar-refractivity contribution in [3.63, 3.8) is 0 Å². The van der Waals surface area contributed by atoms with Crippen molar-refractivity contribution < 1.29 is 9.21 Å². The number of aromatic amines is 1. The molecule has 2 fully saturated rings. The van der Waals surface area contributed by atoms with Crippen LogP contribution in [0.1, 0.15) is 35.7 Å². The zero-order chi connectivity index (χ0) is 18.6. The number of rotatable bonds is 4. The highest BCUT2D eigenvalue weighted by atomic mass is 16.3. The number of hydrogen-bond acceptors (Lipinski definition) is 6. The van der Waals surface area contributed by atoms with Crippen LogP contribution in [-0.4, -0.2) is 33.9 Å². The van der Waals surface area contributed by atoms with Gasteiger partial charge in [-0.1, -0.05) is 6.92 Å². The number of carbonyl (C=O) groups is 1. The van der Waals surface area contributed by atoms with Gasteiger partial charge in [-0.05, 0) is 30.2 Å². The molecule has 0 bridgehead atoms. The summed E-state index contributed by atoms with van der Waals surface area (Å²) in [6.45, 7) is 4.07. The summed E-state index contributed by atoms with van der Waals surface area (Å²) in [6.07, 6.45) is 6.85. The van der Waals surface area contributed by atoms with E-state index in [9.17, 15) is 10.1 Å². The van der Waals surface area contributed by atoms with Crippen molar-refractivity contribution in [2.45, 2.75) is 19.8 Å². The van der Waals surface area contributed by atoms with Crippen molar-refractivity contribution in [3.05, 3.63) is 35.9 Å². The number of carbonyl (C=O) groups excluding carboxylic acids is 1. The van der Waals surface area contributed by atoms with Gasteiger partial charge in [0, 0.05) is 19.3 Å². The van der Waals surface area contributed by atoms with Crippen LogP contribution >= 0.6 is 0 Å². The molecule has 136 valence electrons. The molecular weight excluding hydrogens is 344 g/mol. The molecule has 0 aromatic carbocycles. The molecule has 1 aliphatic carbocycles. The third kappa shape index (κ3) is 2.39. The Morgan fingerprint density at radius 3 is 3.15 bits per heavy atom. The molecule has 1 amide bonds. The SMILES string of the molecule is CCC12CC1CN(c1nc(NC(=O)c3ccoc3)nc3[nH]cc(C#N)c13)C2. The minimum atomic E-state index is -0.338. The fraction of sp³-hybridized carbons (Fsp3) is 0.368.